The molecular formula is C17H18N4OS2. The Kier molecular flexibility index (Phi) is 6.17. The second kappa shape index (κ2) is 8.77. The largest absolute Gasteiger partial charge is 0.385 e. The number of hydrogen-bond acceptors (Lipinski definition) is 7. The normalized spacial score (nSPS) is 10.7. The first-order chi connectivity index (χ1) is 11.8. The van der Waals surface area contributed by atoms with Crippen LogP contribution in [-0.4, -0.2) is 28.7 Å². The van der Waals surface area contributed by atoms with Crippen LogP contribution in [0.15, 0.2) is 58.2 Å². The van der Waals surface area contributed by atoms with Crippen molar-refractivity contribution in [3.63, 3.8) is 0 Å². The van der Waals surface area contributed by atoms with Crippen molar-refractivity contribution in [1.29, 1.82) is 0 Å². The van der Waals surface area contributed by atoms with Crippen LogP contribution in [-0.2, 0) is 11.2 Å². The average molecular weight is 358 g/mol. The number of hydrogen-bond donors (Lipinski definition) is 1. The fourth-order valence-corrected chi connectivity index (χ4v) is 3.55. The lowest BCUT2D eigenvalue weighted by Gasteiger charge is -2.11. The third-order valence-corrected chi connectivity index (χ3v) is 4.89. The van der Waals surface area contributed by atoms with Crippen LogP contribution >= 0.6 is 23.1 Å². The lowest BCUT2D eigenvalue weighted by atomic mass is 10.1. The van der Waals surface area contributed by atoms with Crippen LogP contribution in [0.5, 0.6) is 0 Å². The average Bonchev–Trinajstić information content (AvgIpc) is 3.11. The molecule has 7 heteroatoms. The number of rotatable bonds is 8. The predicted molar refractivity (Wildman–Crippen MR) is 98.2 cm³/mol. The summed E-state index contributed by atoms with van der Waals surface area (Å²) >= 11 is 3.22. The molecule has 0 saturated carbocycles. The van der Waals surface area contributed by atoms with E-state index >= 15 is 0 Å². The number of aryl methyl sites for hydroxylation is 1. The number of aromatic nitrogens is 3. The molecule has 0 aliphatic rings. The van der Waals surface area contributed by atoms with Gasteiger partial charge in [-0.25, -0.2) is 9.97 Å². The number of methoxy groups -OCH3 is 1. The smallest absolute Gasteiger partial charge is 0.188 e. The van der Waals surface area contributed by atoms with Crippen molar-refractivity contribution in [1.82, 2.24) is 15.0 Å². The van der Waals surface area contributed by atoms with Crippen molar-refractivity contribution < 1.29 is 4.74 Å². The van der Waals surface area contributed by atoms with Crippen molar-refractivity contribution in [2.75, 3.05) is 19.0 Å². The van der Waals surface area contributed by atoms with Crippen LogP contribution in [0.3, 0.4) is 0 Å². The second-order valence-electron chi connectivity index (χ2n) is 5.03. The minimum absolute atomic E-state index is 0.733. The van der Waals surface area contributed by atoms with Gasteiger partial charge in [0.05, 0.1) is 0 Å². The van der Waals surface area contributed by atoms with Gasteiger partial charge in [0.1, 0.15) is 5.82 Å². The molecule has 0 amide bonds. The van der Waals surface area contributed by atoms with E-state index in [0.717, 1.165) is 45.8 Å². The quantitative estimate of drug-likeness (QED) is 0.602. The maximum atomic E-state index is 5.17. The zero-order valence-electron chi connectivity index (χ0n) is 13.3. The minimum atomic E-state index is 0.733. The lowest BCUT2D eigenvalue weighted by molar-refractivity contribution is 0.195. The Morgan fingerprint density at radius 3 is 2.92 bits per heavy atom. The van der Waals surface area contributed by atoms with Crippen molar-refractivity contribution in [2.45, 2.75) is 22.6 Å². The molecule has 24 heavy (non-hydrogen) atoms. The predicted octanol–water partition coefficient (Wildman–Crippen LogP) is 4.41. The molecule has 3 aromatic heterocycles. The first kappa shape index (κ1) is 16.9. The molecule has 0 bridgehead atoms. The topological polar surface area (TPSA) is 59.9 Å². The fraction of sp³-hybridized carbons (Fsp3) is 0.235. The van der Waals surface area contributed by atoms with Gasteiger partial charge in [-0.05, 0) is 36.6 Å². The van der Waals surface area contributed by atoms with Crippen molar-refractivity contribution in [3.8, 4) is 0 Å². The van der Waals surface area contributed by atoms with E-state index in [4.69, 9.17) is 4.74 Å². The van der Waals surface area contributed by atoms with Crippen molar-refractivity contribution in [2.24, 2.45) is 0 Å². The van der Waals surface area contributed by atoms with E-state index in [9.17, 15) is 0 Å². The monoisotopic (exact) mass is 358 g/mol. The number of nitrogens with zero attached hydrogens (tertiary/aromatic N) is 3. The maximum absolute atomic E-state index is 5.17. The van der Waals surface area contributed by atoms with Gasteiger partial charge < -0.3 is 10.1 Å². The van der Waals surface area contributed by atoms with E-state index in [1.54, 1.807) is 42.6 Å². The van der Waals surface area contributed by atoms with Crippen LogP contribution < -0.4 is 5.32 Å². The van der Waals surface area contributed by atoms with E-state index < -0.39 is 0 Å². The highest BCUT2D eigenvalue weighted by Crippen LogP contribution is 2.30. The summed E-state index contributed by atoms with van der Waals surface area (Å²) in [7, 11) is 1.72. The van der Waals surface area contributed by atoms with E-state index in [2.05, 4.69) is 26.3 Å². The molecule has 3 rings (SSSR count). The summed E-state index contributed by atoms with van der Waals surface area (Å²) in [5.74, 6) is 0.858. The number of thiazole rings is 1. The van der Waals surface area contributed by atoms with Crippen LogP contribution in [0.4, 0.5) is 10.9 Å². The summed E-state index contributed by atoms with van der Waals surface area (Å²) in [5.41, 5.74) is 1.16. The molecule has 0 saturated heterocycles. The molecule has 0 spiro atoms. The van der Waals surface area contributed by atoms with E-state index in [0.29, 0.717) is 0 Å². The van der Waals surface area contributed by atoms with Gasteiger partial charge in [0, 0.05) is 53.7 Å². The summed E-state index contributed by atoms with van der Waals surface area (Å²) in [6.07, 6.45) is 9.15. The molecule has 5 nitrogen and oxygen atoms in total. The molecule has 0 aliphatic carbocycles. The lowest BCUT2D eigenvalue weighted by Crippen LogP contribution is -2.01. The van der Waals surface area contributed by atoms with Gasteiger partial charge >= 0.3 is 0 Å². The molecule has 124 valence electrons. The van der Waals surface area contributed by atoms with Gasteiger partial charge in [-0.3, -0.25) is 4.98 Å². The molecular weight excluding hydrogens is 340 g/mol. The Balaban J connectivity index is 1.79. The van der Waals surface area contributed by atoms with E-state index in [1.807, 2.05) is 29.9 Å². The standard InChI is InChI=1S/C17H18N4OS2/c1-22-8-3-4-13-10-15(24-14-5-2-6-18-11-14)12-20-16(13)21-17-19-7-9-23-17/h2,5-7,9-12H,3-4,8H2,1H3,(H,19,20,21). The molecule has 0 aromatic carbocycles. The van der Waals surface area contributed by atoms with Gasteiger partial charge in [0.15, 0.2) is 5.13 Å². The van der Waals surface area contributed by atoms with Crippen molar-refractivity contribution in [3.05, 3.63) is 53.9 Å². The second-order valence-corrected chi connectivity index (χ2v) is 7.07. The zero-order valence-corrected chi connectivity index (χ0v) is 14.9. The fourth-order valence-electron chi connectivity index (χ4n) is 2.18. The summed E-state index contributed by atoms with van der Waals surface area (Å²) in [4.78, 5) is 15.2. The van der Waals surface area contributed by atoms with Crippen LogP contribution in [0.2, 0.25) is 0 Å². The number of anilines is 2. The summed E-state index contributed by atoms with van der Waals surface area (Å²) in [6.45, 7) is 0.733. The molecule has 1 N–H and O–H groups in total. The molecule has 3 heterocycles. The molecule has 3 aromatic rings. The third-order valence-electron chi connectivity index (χ3n) is 3.26. The van der Waals surface area contributed by atoms with E-state index in [1.165, 1.54) is 0 Å². The molecule has 0 fully saturated rings. The highest BCUT2D eigenvalue weighted by atomic mass is 32.2. The van der Waals surface area contributed by atoms with Crippen LogP contribution in [0.1, 0.15) is 12.0 Å². The first-order valence-corrected chi connectivity index (χ1v) is 9.27. The van der Waals surface area contributed by atoms with Crippen LogP contribution in [0.25, 0.3) is 0 Å². The SMILES string of the molecule is COCCCc1cc(Sc2cccnc2)cnc1Nc1nccs1. The van der Waals surface area contributed by atoms with E-state index in [-0.39, 0.29) is 0 Å². The van der Waals surface area contributed by atoms with Gasteiger partial charge in [-0.2, -0.15) is 0 Å². The highest BCUT2D eigenvalue weighted by molar-refractivity contribution is 7.99. The van der Waals surface area contributed by atoms with Gasteiger partial charge in [0.25, 0.3) is 0 Å². The molecule has 0 atom stereocenters. The Bertz CT molecular complexity index is 751. The molecule has 0 unspecified atom stereocenters. The van der Waals surface area contributed by atoms with Crippen molar-refractivity contribution >= 4 is 34.0 Å². The Morgan fingerprint density at radius 1 is 1.21 bits per heavy atom. The van der Waals surface area contributed by atoms with Gasteiger partial charge in [0.2, 0.25) is 0 Å². The summed E-state index contributed by atoms with van der Waals surface area (Å²) in [5, 5.41) is 6.10. The van der Waals surface area contributed by atoms with Gasteiger partial charge in [-0.1, -0.05) is 11.8 Å². The molecule has 0 aliphatic heterocycles. The van der Waals surface area contributed by atoms with Gasteiger partial charge in [-0.15, -0.1) is 11.3 Å². The Labute approximate surface area is 149 Å². The number of ether oxygens (including phenoxy) is 1. The Hall–Kier alpha value is -1.96. The zero-order chi connectivity index (χ0) is 16.6. The maximum Gasteiger partial charge on any atom is 0.188 e. The third kappa shape index (κ3) is 4.77. The highest BCUT2D eigenvalue weighted by Gasteiger charge is 2.09. The first-order valence-electron chi connectivity index (χ1n) is 7.57. The minimum Gasteiger partial charge on any atom is -0.385 e. The number of nitrogens with one attached hydrogen (secondary N) is 1. The Morgan fingerprint density at radius 2 is 2.17 bits per heavy atom. The molecule has 0 radical (unpaired) electrons. The van der Waals surface area contributed by atoms with Crippen LogP contribution in [0, 0.1) is 0 Å². The number of pyridine rings is 2. The summed E-state index contributed by atoms with van der Waals surface area (Å²) < 4.78 is 5.17. The summed E-state index contributed by atoms with van der Waals surface area (Å²) in [6, 6.07) is 6.16.